The number of rotatable bonds is 4. The van der Waals surface area contributed by atoms with Gasteiger partial charge in [-0.3, -0.25) is 0 Å². The summed E-state index contributed by atoms with van der Waals surface area (Å²) >= 11 is 0. The molecule has 0 spiro atoms. The molecule has 17 heavy (non-hydrogen) atoms. The van der Waals surface area contributed by atoms with Crippen LogP contribution in [0.4, 0.5) is 0 Å². The van der Waals surface area contributed by atoms with Crippen LogP contribution in [0.25, 0.3) is 0 Å². The molecular formula is C16H27N. The summed E-state index contributed by atoms with van der Waals surface area (Å²) in [6, 6.07) is 2.46. The van der Waals surface area contributed by atoms with E-state index in [9.17, 15) is 0 Å². The third-order valence-electron chi connectivity index (χ3n) is 3.85. The van der Waals surface area contributed by atoms with E-state index in [4.69, 9.17) is 5.73 Å². The lowest BCUT2D eigenvalue weighted by Gasteiger charge is -2.21. The molecule has 0 aliphatic rings. The molecule has 0 heterocycles. The molecule has 2 N–H and O–H groups in total. The van der Waals surface area contributed by atoms with E-state index in [1.807, 2.05) is 0 Å². The second-order valence-corrected chi connectivity index (χ2v) is 5.75. The molecule has 0 radical (unpaired) electrons. The molecule has 0 aromatic heterocycles. The lowest BCUT2D eigenvalue weighted by atomic mass is 9.87. The molecule has 1 rings (SSSR count). The van der Waals surface area contributed by atoms with Crippen LogP contribution in [0.15, 0.2) is 6.07 Å². The van der Waals surface area contributed by atoms with Crippen molar-refractivity contribution in [1.29, 1.82) is 0 Å². The maximum absolute atomic E-state index is 6.38. The predicted octanol–water partition coefficient (Wildman–Crippen LogP) is 4.36. The molecule has 0 amide bonds. The summed E-state index contributed by atoms with van der Waals surface area (Å²) in [5.41, 5.74) is 13.2. The first kappa shape index (κ1) is 14.2. The van der Waals surface area contributed by atoms with Gasteiger partial charge in [-0.1, -0.05) is 19.9 Å². The van der Waals surface area contributed by atoms with E-state index < -0.39 is 0 Å². The minimum Gasteiger partial charge on any atom is -0.324 e. The Morgan fingerprint density at radius 1 is 0.941 bits per heavy atom. The van der Waals surface area contributed by atoms with Crippen molar-refractivity contribution in [3.63, 3.8) is 0 Å². The van der Waals surface area contributed by atoms with Gasteiger partial charge in [0.15, 0.2) is 0 Å². The normalized spacial score (nSPS) is 13.2. The zero-order valence-corrected chi connectivity index (χ0v) is 12.2. The van der Waals surface area contributed by atoms with E-state index in [-0.39, 0.29) is 6.04 Å². The topological polar surface area (TPSA) is 26.0 Å². The van der Waals surface area contributed by atoms with Gasteiger partial charge in [-0.25, -0.2) is 0 Å². The first-order valence-electron chi connectivity index (χ1n) is 6.67. The molecule has 1 aromatic rings. The number of hydrogen-bond donors (Lipinski definition) is 1. The third-order valence-corrected chi connectivity index (χ3v) is 3.85. The highest BCUT2D eigenvalue weighted by atomic mass is 14.6. The number of nitrogens with two attached hydrogens (primary N) is 1. The number of benzene rings is 1. The van der Waals surface area contributed by atoms with Crippen LogP contribution in [0.1, 0.15) is 60.5 Å². The van der Waals surface area contributed by atoms with Crippen molar-refractivity contribution in [3.05, 3.63) is 33.9 Å². The van der Waals surface area contributed by atoms with Gasteiger partial charge in [-0.15, -0.1) is 0 Å². The monoisotopic (exact) mass is 233 g/mol. The van der Waals surface area contributed by atoms with Crippen molar-refractivity contribution in [1.82, 2.24) is 0 Å². The fourth-order valence-corrected chi connectivity index (χ4v) is 2.46. The van der Waals surface area contributed by atoms with E-state index >= 15 is 0 Å². The van der Waals surface area contributed by atoms with Gasteiger partial charge in [0.05, 0.1) is 0 Å². The van der Waals surface area contributed by atoms with Gasteiger partial charge >= 0.3 is 0 Å². The standard InChI is InChI=1S/C16H27N/c1-10(2)7-8-15(17)16-13(5)11(3)9-12(4)14(16)6/h9-10,15H,7-8,17H2,1-6H3. The van der Waals surface area contributed by atoms with Crippen molar-refractivity contribution in [2.24, 2.45) is 11.7 Å². The summed E-state index contributed by atoms with van der Waals surface area (Å²) in [5, 5.41) is 0. The molecule has 1 atom stereocenters. The van der Waals surface area contributed by atoms with E-state index in [1.165, 1.54) is 34.2 Å². The highest BCUT2D eigenvalue weighted by Crippen LogP contribution is 2.29. The molecule has 0 bridgehead atoms. The smallest absolute Gasteiger partial charge is 0.0300 e. The summed E-state index contributed by atoms with van der Waals surface area (Å²) in [5.74, 6) is 0.729. The van der Waals surface area contributed by atoms with Crippen LogP contribution in [-0.4, -0.2) is 0 Å². The average Bonchev–Trinajstić information content (AvgIpc) is 2.24. The molecule has 0 aliphatic carbocycles. The molecule has 0 saturated heterocycles. The largest absolute Gasteiger partial charge is 0.324 e. The Hall–Kier alpha value is -0.820. The number of hydrogen-bond acceptors (Lipinski definition) is 1. The van der Waals surface area contributed by atoms with Crippen LogP contribution in [0.3, 0.4) is 0 Å². The van der Waals surface area contributed by atoms with Crippen LogP contribution >= 0.6 is 0 Å². The second-order valence-electron chi connectivity index (χ2n) is 5.75. The molecule has 0 saturated carbocycles. The van der Waals surface area contributed by atoms with Gasteiger partial charge in [0.25, 0.3) is 0 Å². The van der Waals surface area contributed by atoms with Crippen LogP contribution in [0, 0.1) is 33.6 Å². The van der Waals surface area contributed by atoms with Crippen LogP contribution < -0.4 is 5.73 Å². The van der Waals surface area contributed by atoms with Crippen molar-refractivity contribution in [2.75, 3.05) is 0 Å². The molecule has 0 aliphatic heterocycles. The first-order valence-corrected chi connectivity index (χ1v) is 6.67. The fourth-order valence-electron chi connectivity index (χ4n) is 2.46. The van der Waals surface area contributed by atoms with Gasteiger partial charge in [-0.05, 0) is 74.3 Å². The summed E-state index contributed by atoms with van der Waals surface area (Å²) < 4.78 is 0. The quantitative estimate of drug-likeness (QED) is 0.821. The number of aryl methyl sites for hydroxylation is 2. The average molecular weight is 233 g/mol. The van der Waals surface area contributed by atoms with Gasteiger partial charge in [0.2, 0.25) is 0 Å². The van der Waals surface area contributed by atoms with Crippen LogP contribution in [0.5, 0.6) is 0 Å². The summed E-state index contributed by atoms with van der Waals surface area (Å²) in [7, 11) is 0. The Bertz CT molecular complexity index is 365. The third kappa shape index (κ3) is 3.32. The molecule has 96 valence electrons. The van der Waals surface area contributed by atoms with E-state index in [0.717, 1.165) is 12.3 Å². The molecule has 1 aromatic carbocycles. The zero-order valence-electron chi connectivity index (χ0n) is 12.2. The minimum atomic E-state index is 0.191. The van der Waals surface area contributed by atoms with E-state index in [0.29, 0.717) is 0 Å². The maximum atomic E-state index is 6.38. The Morgan fingerprint density at radius 2 is 1.41 bits per heavy atom. The molecule has 1 unspecified atom stereocenters. The van der Waals surface area contributed by atoms with Gasteiger partial charge < -0.3 is 5.73 Å². The van der Waals surface area contributed by atoms with Gasteiger partial charge in [-0.2, -0.15) is 0 Å². The van der Waals surface area contributed by atoms with Crippen molar-refractivity contribution in [3.8, 4) is 0 Å². The van der Waals surface area contributed by atoms with Crippen molar-refractivity contribution in [2.45, 2.75) is 60.4 Å². The van der Waals surface area contributed by atoms with Gasteiger partial charge in [0.1, 0.15) is 0 Å². The Balaban J connectivity index is 3.03. The summed E-state index contributed by atoms with van der Waals surface area (Å²) in [6.07, 6.45) is 2.29. The maximum Gasteiger partial charge on any atom is 0.0300 e. The Kier molecular flexibility index (Phi) is 4.76. The first-order chi connectivity index (χ1) is 7.84. The SMILES string of the molecule is Cc1cc(C)c(C)c(C(N)CCC(C)C)c1C. The summed E-state index contributed by atoms with van der Waals surface area (Å²) in [4.78, 5) is 0. The highest BCUT2D eigenvalue weighted by Gasteiger charge is 2.15. The lowest BCUT2D eigenvalue weighted by Crippen LogP contribution is -2.15. The van der Waals surface area contributed by atoms with Gasteiger partial charge in [0, 0.05) is 6.04 Å². The molecule has 1 heteroatoms. The molecular weight excluding hydrogens is 206 g/mol. The zero-order chi connectivity index (χ0) is 13.2. The van der Waals surface area contributed by atoms with Crippen LogP contribution in [-0.2, 0) is 0 Å². The fraction of sp³-hybridized carbons (Fsp3) is 0.625. The van der Waals surface area contributed by atoms with Crippen molar-refractivity contribution < 1.29 is 0 Å². The minimum absolute atomic E-state index is 0.191. The van der Waals surface area contributed by atoms with Crippen LogP contribution in [0.2, 0.25) is 0 Å². The van der Waals surface area contributed by atoms with E-state index in [2.05, 4.69) is 47.6 Å². The Morgan fingerprint density at radius 3 is 1.82 bits per heavy atom. The predicted molar refractivity (Wildman–Crippen MR) is 76.4 cm³/mol. The lowest BCUT2D eigenvalue weighted by molar-refractivity contribution is 0.505. The summed E-state index contributed by atoms with van der Waals surface area (Å²) in [6.45, 7) is 13.3. The molecule has 1 nitrogen and oxygen atoms in total. The Labute approximate surface area is 106 Å². The van der Waals surface area contributed by atoms with E-state index in [1.54, 1.807) is 0 Å². The highest BCUT2D eigenvalue weighted by molar-refractivity contribution is 5.45. The second kappa shape index (κ2) is 5.68. The van der Waals surface area contributed by atoms with Crippen molar-refractivity contribution >= 4 is 0 Å². The molecule has 0 fully saturated rings.